The summed E-state index contributed by atoms with van der Waals surface area (Å²) in [7, 11) is 4.58. The van der Waals surface area contributed by atoms with Crippen LogP contribution in [0.5, 0.6) is 0 Å². The second-order valence-electron chi connectivity index (χ2n) is 11.3. The first-order chi connectivity index (χ1) is 17.3. The smallest absolute Gasteiger partial charge is 0.328 e. The molecule has 0 fully saturated rings. The first-order valence-electron chi connectivity index (χ1n) is 12.9. The molecule has 236 valence electrons. The average Bonchev–Trinajstić information content (AvgIpc) is 2.76. The summed E-state index contributed by atoms with van der Waals surface area (Å²) in [4.78, 5) is 0. The summed E-state index contributed by atoms with van der Waals surface area (Å²) in [5.74, 6) is -30.6. The fourth-order valence-electron chi connectivity index (χ4n) is 4.11. The maximum absolute atomic E-state index is 14.5. The highest BCUT2D eigenvalue weighted by atomic mass is 19.4. The number of hydrogen-bond acceptors (Lipinski definition) is 0. The molecule has 0 spiro atoms. The van der Waals surface area contributed by atoms with E-state index in [1.54, 1.807) is 0 Å². The Morgan fingerprint density at radius 1 is 0.410 bits per heavy atom. The number of nitrogens with zero attached hydrogens (tertiary/aromatic N) is 2. The van der Waals surface area contributed by atoms with E-state index in [4.69, 9.17) is 0 Å². The number of alkyl halides is 13. The highest BCUT2D eigenvalue weighted by molar-refractivity contribution is 5.08. The van der Waals surface area contributed by atoms with Gasteiger partial charge in [0, 0.05) is 0 Å². The lowest BCUT2D eigenvalue weighted by molar-refractivity contribution is -0.991. The van der Waals surface area contributed by atoms with Crippen LogP contribution in [0, 0.1) is 0 Å². The molecule has 0 bridgehead atoms. The van der Waals surface area contributed by atoms with E-state index in [2.05, 4.69) is 6.92 Å². The van der Waals surface area contributed by atoms with Crippen molar-refractivity contribution in [3.05, 3.63) is 0 Å². The molecule has 0 aliphatic heterocycles. The predicted octanol–water partition coefficient (Wildman–Crippen LogP) is 8.76. The van der Waals surface area contributed by atoms with Crippen LogP contribution >= 0.6 is 0 Å². The Labute approximate surface area is 221 Å². The van der Waals surface area contributed by atoms with Gasteiger partial charge in [0.1, 0.15) is 0 Å². The summed E-state index contributed by atoms with van der Waals surface area (Å²) in [5, 5.41) is 0. The fourth-order valence-corrected chi connectivity index (χ4v) is 4.11. The van der Waals surface area contributed by atoms with Crippen LogP contribution in [0.3, 0.4) is 0 Å². The molecule has 0 saturated carbocycles. The maximum atomic E-state index is 14.5. The van der Waals surface area contributed by atoms with Crippen molar-refractivity contribution in [2.45, 2.75) is 107 Å². The van der Waals surface area contributed by atoms with Crippen LogP contribution in [-0.4, -0.2) is 92.7 Å². The van der Waals surface area contributed by atoms with E-state index in [-0.39, 0.29) is 26.9 Å². The van der Waals surface area contributed by atoms with Crippen LogP contribution in [0.25, 0.3) is 0 Å². The van der Waals surface area contributed by atoms with Crippen LogP contribution in [0.2, 0.25) is 0 Å². The molecule has 0 aliphatic carbocycles. The van der Waals surface area contributed by atoms with Crippen LogP contribution in [0.1, 0.15) is 71.1 Å². The van der Waals surface area contributed by atoms with Gasteiger partial charge in [-0.25, -0.2) is 0 Å². The van der Waals surface area contributed by atoms with Crippen molar-refractivity contribution in [3.8, 4) is 0 Å². The summed E-state index contributed by atoms with van der Waals surface area (Å²) >= 11 is 0. The molecule has 0 unspecified atom stereocenters. The molecule has 0 aromatic rings. The van der Waals surface area contributed by atoms with Gasteiger partial charge >= 0.3 is 35.9 Å². The number of unbranched alkanes of at least 4 members (excludes halogenated alkanes) is 8. The molecule has 0 amide bonds. The topological polar surface area (TPSA) is 0 Å². The molecule has 0 rings (SSSR count). The third kappa shape index (κ3) is 8.51. The molecular weight excluding hydrogens is 563 g/mol. The van der Waals surface area contributed by atoms with Crippen molar-refractivity contribution in [1.29, 1.82) is 0 Å². The summed E-state index contributed by atoms with van der Waals surface area (Å²) in [6, 6.07) is -6.13. The Morgan fingerprint density at radius 3 is 1.13 bits per heavy atom. The predicted molar refractivity (Wildman–Crippen MR) is 121 cm³/mol. The highest BCUT2D eigenvalue weighted by Crippen LogP contribution is 2.61. The van der Waals surface area contributed by atoms with Crippen LogP contribution in [-0.2, 0) is 0 Å². The Kier molecular flexibility index (Phi) is 13.0. The average molecular weight is 605 g/mol. The zero-order chi connectivity index (χ0) is 31.2. The maximum Gasteiger partial charge on any atom is 0.461 e. The summed E-state index contributed by atoms with van der Waals surface area (Å²) in [6.07, 6.45) is 0.342. The van der Waals surface area contributed by atoms with Gasteiger partial charge < -0.3 is 4.48 Å². The van der Waals surface area contributed by atoms with Crippen molar-refractivity contribution in [2.75, 3.05) is 47.8 Å². The van der Waals surface area contributed by atoms with E-state index in [0.717, 1.165) is 38.8 Å². The minimum absolute atomic E-state index is 0.180. The molecule has 0 radical (unpaired) electrons. The molecule has 0 saturated heterocycles. The molecule has 0 atom stereocenters. The van der Waals surface area contributed by atoms with Gasteiger partial charge in [0.05, 0.1) is 47.8 Å². The molecule has 15 heteroatoms. The largest absolute Gasteiger partial charge is 0.461 e. The SMILES string of the molecule is CCCCCCCC[N+](C)(C)CCCCCC[N+](C)(C)C(F)(F)C(F)(F)C(F)(F)C(F)(F)C(F)(F)C(F)(F)F. The molecule has 0 aliphatic rings. The van der Waals surface area contributed by atoms with Crippen molar-refractivity contribution in [3.63, 3.8) is 0 Å². The van der Waals surface area contributed by atoms with E-state index in [9.17, 15) is 57.1 Å². The lowest BCUT2D eigenvalue weighted by Crippen LogP contribution is -2.75. The van der Waals surface area contributed by atoms with E-state index in [1.165, 1.54) is 12.8 Å². The lowest BCUT2D eigenvalue weighted by atomic mass is 9.95. The zero-order valence-corrected chi connectivity index (χ0v) is 23.0. The number of quaternary nitrogens is 2. The van der Waals surface area contributed by atoms with Crippen LogP contribution < -0.4 is 0 Å². The van der Waals surface area contributed by atoms with Crippen molar-refractivity contribution in [1.82, 2.24) is 0 Å². The molecule has 0 heterocycles. The Balaban J connectivity index is 5.11. The first kappa shape index (κ1) is 38.0. The van der Waals surface area contributed by atoms with E-state index >= 15 is 0 Å². The number of halogens is 13. The Morgan fingerprint density at radius 2 is 0.744 bits per heavy atom. The summed E-state index contributed by atoms with van der Waals surface area (Å²) < 4.78 is 173. The normalized spacial score (nSPS) is 15.2. The third-order valence-electron chi connectivity index (χ3n) is 7.02. The van der Waals surface area contributed by atoms with Gasteiger partial charge in [0.15, 0.2) is 0 Å². The fraction of sp³-hybridized carbons (Fsp3) is 1.00. The van der Waals surface area contributed by atoms with Crippen molar-refractivity contribution >= 4 is 0 Å². The van der Waals surface area contributed by atoms with Crippen LogP contribution in [0.4, 0.5) is 57.1 Å². The van der Waals surface area contributed by atoms with E-state index in [1.807, 2.05) is 14.1 Å². The van der Waals surface area contributed by atoms with Gasteiger partial charge in [0.25, 0.3) is 0 Å². The molecule has 2 nitrogen and oxygen atoms in total. The summed E-state index contributed by atoms with van der Waals surface area (Å²) in [6.45, 7) is 2.78. The van der Waals surface area contributed by atoms with E-state index in [0.29, 0.717) is 17.3 Å². The van der Waals surface area contributed by atoms with Gasteiger partial charge in [-0.3, -0.25) is 4.48 Å². The quantitative estimate of drug-likeness (QED) is 0.0599. The first-order valence-corrected chi connectivity index (χ1v) is 12.9. The van der Waals surface area contributed by atoms with E-state index < -0.39 is 46.9 Å². The Bertz CT molecular complexity index is 732. The van der Waals surface area contributed by atoms with Gasteiger partial charge in [-0.2, -0.15) is 48.3 Å². The van der Waals surface area contributed by atoms with Gasteiger partial charge in [0.2, 0.25) is 0 Å². The van der Waals surface area contributed by atoms with Gasteiger partial charge in [-0.05, 0) is 38.5 Å². The monoisotopic (exact) mass is 604 g/mol. The van der Waals surface area contributed by atoms with Crippen LogP contribution in [0.15, 0.2) is 0 Å². The van der Waals surface area contributed by atoms with Gasteiger partial charge in [-0.1, -0.05) is 32.6 Å². The van der Waals surface area contributed by atoms with Gasteiger partial charge in [-0.15, -0.1) is 8.78 Å². The second kappa shape index (κ2) is 13.3. The molecule has 0 N–H and O–H groups in total. The second-order valence-corrected chi connectivity index (χ2v) is 11.3. The molecule has 39 heavy (non-hydrogen) atoms. The standard InChI is InChI=1S/C24H41F13N2/c1-6-7-8-9-10-13-16-38(2,3)17-14-11-12-15-18-39(4,5)24(36,37)22(31,32)20(27,28)19(25,26)21(29,30)23(33,34)35/h6-18H2,1-5H3/q+2. The highest BCUT2D eigenvalue weighted by Gasteiger charge is 2.93. The molecule has 0 aromatic carbocycles. The molecular formula is C24H41F13N2+2. The minimum atomic E-state index is -7.87. The minimum Gasteiger partial charge on any atom is -0.328 e. The van der Waals surface area contributed by atoms with Crippen molar-refractivity contribution in [2.24, 2.45) is 0 Å². The number of hydrogen-bond donors (Lipinski definition) is 0. The lowest BCUT2D eigenvalue weighted by Gasteiger charge is -2.44. The number of rotatable bonds is 19. The molecule has 0 aromatic heterocycles. The Hall–Kier alpha value is -0.990. The third-order valence-corrected chi connectivity index (χ3v) is 7.02. The summed E-state index contributed by atoms with van der Waals surface area (Å²) in [5.41, 5.74) is 0. The zero-order valence-electron chi connectivity index (χ0n) is 23.0. The van der Waals surface area contributed by atoms with Crippen molar-refractivity contribution < 1.29 is 66.0 Å².